The highest BCUT2D eigenvalue weighted by atomic mass is 32.1. The Morgan fingerprint density at radius 3 is 1.51 bits per heavy atom. The number of rotatable bonds is 0. The topological polar surface area (TPSA) is 124 Å². The third kappa shape index (κ3) is 11.6. The molecule has 0 unspecified atom stereocenters. The Morgan fingerprint density at radius 2 is 0.919 bits per heavy atom. The fourth-order valence-electron chi connectivity index (χ4n) is 9.59. The van der Waals surface area contributed by atoms with E-state index in [0.717, 1.165) is 40.0 Å². The third-order valence-corrected chi connectivity index (χ3v) is 16.0. The number of thiophene rings is 3. The highest BCUT2D eigenvalue weighted by Crippen LogP contribution is 2.25. The van der Waals surface area contributed by atoms with Gasteiger partial charge in [-0.15, -0.1) is 34.0 Å². The van der Waals surface area contributed by atoms with Crippen LogP contribution in [0.2, 0.25) is 0 Å². The minimum Gasteiger partial charge on any atom is -0.304 e. The fourth-order valence-corrected chi connectivity index (χ4v) is 12.2. The van der Waals surface area contributed by atoms with E-state index in [-0.39, 0.29) is 0 Å². The number of nitrogens with zero attached hydrogens (tertiary/aromatic N) is 14. The molecule has 0 amide bonds. The van der Waals surface area contributed by atoms with E-state index >= 15 is 0 Å². The van der Waals surface area contributed by atoms with Crippen molar-refractivity contribution in [3.8, 4) is 0 Å². The monoisotopic (exact) mass is 1040 g/mol. The Morgan fingerprint density at radius 1 is 0.405 bits per heavy atom. The van der Waals surface area contributed by atoms with E-state index < -0.39 is 0 Å². The molecule has 0 saturated heterocycles. The number of para-hydroxylation sites is 2. The summed E-state index contributed by atoms with van der Waals surface area (Å²) >= 11 is 5.21. The maximum atomic E-state index is 4.41. The summed E-state index contributed by atoms with van der Waals surface area (Å²) in [5, 5.41) is 39.4. The first-order valence-electron chi connectivity index (χ1n) is 24.8. The van der Waals surface area contributed by atoms with Crippen molar-refractivity contribution < 1.29 is 0 Å². The number of hydrogen-bond acceptors (Lipinski definition) is 10. The SMILES string of the molecule is Cc1nc(C)n2ccccc12.Cc1nn(C)c2c1CCCC2.Cc1nn(C)c2ccccc12.Cc1nn(C)c2ccccc12.Cc1nn(C)c2ccsc12.Cc1nn(C)c2cscc12.Cc1nn(C)c2sccc12. The predicted molar refractivity (Wildman–Crippen MR) is 310 cm³/mol. The summed E-state index contributed by atoms with van der Waals surface area (Å²) in [6, 6.07) is 26.8. The standard InChI is InChI=1S/C9H14N2.3C9H10N2.3C7H8N2S/c3*1-7-8-5-3-4-6-9(8)11(2)10-7;1-7-9-5-3-4-6-11(9)8(2)10-7;1-5-6-3-10-4-7(6)9(2)8-5;1-5-7-6(3-4-10-7)9(2)8-5;1-5-6-3-4-10-7(6)9(2)8-5/h3-6H2,1-2H3;3*3-6H,1-2H3;3*3-4H,1-2H3. The first-order chi connectivity index (χ1) is 35.5. The van der Waals surface area contributed by atoms with Gasteiger partial charge in [0.25, 0.3) is 0 Å². The van der Waals surface area contributed by atoms with Gasteiger partial charge in [-0.25, -0.2) is 4.98 Å². The van der Waals surface area contributed by atoms with Crippen molar-refractivity contribution in [1.29, 1.82) is 0 Å². The second kappa shape index (κ2) is 23.3. The Labute approximate surface area is 445 Å². The Balaban J connectivity index is 0.000000115. The lowest BCUT2D eigenvalue weighted by Crippen LogP contribution is -2.05. The van der Waals surface area contributed by atoms with Crippen LogP contribution in [0, 0.1) is 55.4 Å². The van der Waals surface area contributed by atoms with Crippen LogP contribution in [0.15, 0.2) is 107 Å². The zero-order chi connectivity index (χ0) is 52.8. The zero-order valence-electron chi connectivity index (χ0n) is 45.2. The molecule has 1 aliphatic rings. The first kappa shape index (κ1) is 53.1. The van der Waals surface area contributed by atoms with E-state index in [0.29, 0.717) is 0 Å². The van der Waals surface area contributed by atoms with Gasteiger partial charge in [-0.1, -0.05) is 42.5 Å². The van der Waals surface area contributed by atoms with E-state index in [2.05, 4.69) is 118 Å². The molecule has 11 aromatic heterocycles. The van der Waals surface area contributed by atoms with E-state index in [9.17, 15) is 0 Å². The van der Waals surface area contributed by atoms with Gasteiger partial charge in [0.05, 0.1) is 72.1 Å². The molecule has 0 atom stereocenters. The molecule has 0 spiro atoms. The van der Waals surface area contributed by atoms with E-state index in [1.807, 2.05) is 154 Å². The van der Waals surface area contributed by atoms with Crippen molar-refractivity contribution in [2.75, 3.05) is 0 Å². The van der Waals surface area contributed by atoms with Crippen molar-refractivity contribution in [3.63, 3.8) is 0 Å². The molecule has 17 heteroatoms. The average molecular weight is 1050 g/mol. The van der Waals surface area contributed by atoms with Crippen LogP contribution in [0.25, 0.3) is 58.7 Å². The quantitative estimate of drug-likeness (QED) is 0.148. The molecular weight excluding hydrogens is 977 g/mol. The second-order valence-electron chi connectivity index (χ2n) is 18.6. The lowest BCUT2D eigenvalue weighted by Gasteiger charge is -2.11. The molecule has 14 nitrogen and oxygen atoms in total. The maximum Gasteiger partial charge on any atom is 0.121 e. The maximum absolute atomic E-state index is 4.41. The molecule has 1 aliphatic carbocycles. The van der Waals surface area contributed by atoms with Crippen LogP contribution in [0.4, 0.5) is 0 Å². The Kier molecular flexibility index (Phi) is 16.7. The van der Waals surface area contributed by atoms with E-state index in [4.69, 9.17) is 0 Å². The summed E-state index contributed by atoms with van der Waals surface area (Å²) in [6.07, 6.45) is 7.19. The highest BCUT2D eigenvalue weighted by molar-refractivity contribution is 7.17. The molecule has 0 N–H and O–H groups in total. The molecule has 0 radical (unpaired) electrons. The molecule has 0 aliphatic heterocycles. The number of aromatic nitrogens is 14. The van der Waals surface area contributed by atoms with Gasteiger partial charge < -0.3 is 4.40 Å². The Hall–Kier alpha value is -7.21. The summed E-state index contributed by atoms with van der Waals surface area (Å²) in [7, 11) is 11.9. The van der Waals surface area contributed by atoms with Gasteiger partial charge in [-0.3, -0.25) is 28.1 Å². The summed E-state index contributed by atoms with van der Waals surface area (Å²) in [5.41, 5.74) is 17.0. The summed E-state index contributed by atoms with van der Waals surface area (Å²) in [5.74, 6) is 1.05. The van der Waals surface area contributed by atoms with Crippen LogP contribution in [-0.2, 0) is 55.1 Å². The predicted octanol–water partition coefficient (Wildman–Crippen LogP) is 13.2. The minimum atomic E-state index is 1.05. The minimum absolute atomic E-state index is 1.05. The van der Waals surface area contributed by atoms with E-state index in [1.54, 1.807) is 34.0 Å². The van der Waals surface area contributed by atoms with Crippen LogP contribution >= 0.6 is 34.0 Å². The number of imidazole rings is 1. The molecule has 384 valence electrons. The number of fused-ring (bicyclic) bond motifs is 7. The Bertz CT molecular complexity index is 3360. The number of pyridine rings is 1. The van der Waals surface area contributed by atoms with Gasteiger partial charge in [0, 0.05) is 86.5 Å². The van der Waals surface area contributed by atoms with Crippen molar-refractivity contribution in [1.82, 2.24) is 68.1 Å². The lowest BCUT2D eigenvalue weighted by atomic mass is 9.96. The van der Waals surface area contributed by atoms with Crippen LogP contribution in [0.1, 0.15) is 69.8 Å². The number of hydrogen-bond donors (Lipinski definition) is 0. The van der Waals surface area contributed by atoms with Crippen LogP contribution in [-0.4, -0.2) is 68.1 Å². The molecule has 0 fully saturated rings. The van der Waals surface area contributed by atoms with Gasteiger partial charge >= 0.3 is 0 Å². The van der Waals surface area contributed by atoms with Crippen molar-refractivity contribution in [3.05, 3.63) is 164 Å². The van der Waals surface area contributed by atoms with Crippen LogP contribution in [0.3, 0.4) is 0 Å². The number of aryl methyl sites for hydroxylation is 14. The normalized spacial score (nSPS) is 11.7. The molecule has 11 heterocycles. The largest absolute Gasteiger partial charge is 0.304 e. The zero-order valence-corrected chi connectivity index (χ0v) is 47.7. The molecule has 13 aromatic rings. The fraction of sp³-hybridized carbons (Fsp3) is 0.316. The van der Waals surface area contributed by atoms with Crippen molar-refractivity contribution in [2.24, 2.45) is 42.3 Å². The highest BCUT2D eigenvalue weighted by Gasteiger charge is 2.16. The first-order valence-corrected chi connectivity index (χ1v) is 27.5. The summed E-state index contributed by atoms with van der Waals surface area (Å²) in [6.45, 7) is 16.3. The average Bonchev–Trinajstić information content (AvgIpc) is 4.28. The molecule has 14 rings (SSSR count). The molecule has 0 saturated carbocycles. The van der Waals surface area contributed by atoms with Gasteiger partial charge in [-0.2, -0.15) is 30.6 Å². The summed E-state index contributed by atoms with van der Waals surface area (Å²) in [4.78, 5) is 5.61. The van der Waals surface area contributed by atoms with Gasteiger partial charge in [-0.05, 0) is 134 Å². The third-order valence-electron chi connectivity index (χ3n) is 13.3. The molecule has 0 bridgehead atoms. The van der Waals surface area contributed by atoms with Crippen molar-refractivity contribution >= 4 is 92.7 Å². The van der Waals surface area contributed by atoms with Gasteiger partial charge in [0.2, 0.25) is 0 Å². The summed E-state index contributed by atoms with van der Waals surface area (Å²) < 4.78 is 15.0. The molecule has 74 heavy (non-hydrogen) atoms. The van der Waals surface area contributed by atoms with Crippen LogP contribution < -0.4 is 0 Å². The van der Waals surface area contributed by atoms with Gasteiger partial charge in [0.15, 0.2) is 0 Å². The smallest absolute Gasteiger partial charge is 0.121 e. The lowest BCUT2D eigenvalue weighted by molar-refractivity contribution is 0.626. The van der Waals surface area contributed by atoms with Crippen molar-refractivity contribution in [2.45, 2.75) is 81.1 Å². The second-order valence-corrected chi connectivity index (χ2v) is 21.1. The molecule has 2 aromatic carbocycles. The number of benzene rings is 2. The van der Waals surface area contributed by atoms with E-state index in [1.165, 1.54) is 101 Å². The molecular formula is C57H68N14S3. The van der Waals surface area contributed by atoms with Crippen LogP contribution in [0.5, 0.6) is 0 Å². The van der Waals surface area contributed by atoms with Gasteiger partial charge in [0.1, 0.15) is 10.7 Å².